The minimum absolute atomic E-state index is 0.0706. The van der Waals surface area contributed by atoms with Crippen LogP contribution in [-0.4, -0.2) is 57.8 Å². The first kappa shape index (κ1) is 24.4. The third-order valence-corrected chi connectivity index (χ3v) is 6.09. The standard InChI is InChI=1S/C23H27F3N6O3/c1-13-15(12-31(3)28-13)11-30(2)22(33)17-10-21-27-16(9-20(23(24,25)26)32(21)29-17)14-6-7-18(34-4)19(8-14)35-5/h6-8,10,12,16,20,27H,9,11H2,1-5H3/t16-,20-/m0/s1. The van der Waals surface area contributed by atoms with Crippen molar-refractivity contribution in [1.82, 2.24) is 24.5 Å². The molecular weight excluding hydrogens is 465 g/mol. The summed E-state index contributed by atoms with van der Waals surface area (Å²) in [6.07, 6.45) is -3.06. The maximum atomic E-state index is 14.0. The zero-order valence-corrected chi connectivity index (χ0v) is 20.1. The van der Waals surface area contributed by atoms with Gasteiger partial charge in [0.15, 0.2) is 23.2 Å². The van der Waals surface area contributed by atoms with Gasteiger partial charge < -0.3 is 19.7 Å². The van der Waals surface area contributed by atoms with Gasteiger partial charge in [0.25, 0.3) is 5.91 Å². The third kappa shape index (κ3) is 4.77. The highest BCUT2D eigenvalue weighted by Crippen LogP contribution is 2.44. The molecule has 3 aromatic rings. The van der Waals surface area contributed by atoms with Crippen LogP contribution in [-0.2, 0) is 13.6 Å². The molecule has 0 fully saturated rings. The number of benzene rings is 1. The van der Waals surface area contributed by atoms with Crippen LogP contribution in [0.2, 0.25) is 0 Å². The fourth-order valence-electron chi connectivity index (χ4n) is 4.29. The Morgan fingerprint density at radius 1 is 1.20 bits per heavy atom. The fourth-order valence-corrected chi connectivity index (χ4v) is 4.29. The number of carbonyl (C=O) groups is 1. The molecule has 2 aromatic heterocycles. The lowest BCUT2D eigenvalue weighted by molar-refractivity contribution is -0.173. The predicted molar refractivity (Wildman–Crippen MR) is 122 cm³/mol. The Morgan fingerprint density at radius 2 is 1.91 bits per heavy atom. The van der Waals surface area contributed by atoms with E-state index in [2.05, 4.69) is 15.5 Å². The van der Waals surface area contributed by atoms with Gasteiger partial charge in [-0.2, -0.15) is 23.4 Å². The monoisotopic (exact) mass is 492 g/mol. The van der Waals surface area contributed by atoms with Gasteiger partial charge >= 0.3 is 6.18 Å². The molecule has 9 nitrogen and oxygen atoms in total. The van der Waals surface area contributed by atoms with Crippen molar-refractivity contribution < 1.29 is 27.4 Å². The van der Waals surface area contributed by atoms with Crippen LogP contribution in [0.4, 0.5) is 19.0 Å². The molecule has 35 heavy (non-hydrogen) atoms. The van der Waals surface area contributed by atoms with Gasteiger partial charge in [0, 0.05) is 44.9 Å². The predicted octanol–water partition coefficient (Wildman–Crippen LogP) is 3.87. The number of carbonyl (C=O) groups excluding carboxylic acids is 1. The number of rotatable bonds is 6. The summed E-state index contributed by atoms with van der Waals surface area (Å²) in [4.78, 5) is 14.4. The molecule has 3 heterocycles. The molecule has 188 valence electrons. The van der Waals surface area contributed by atoms with Crippen LogP contribution in [0.1, 0.15) is 45.8 Å². The number of anilines is 1. The number of hydrogen-bond donors (Lipinski definition) is 1. The van der Waals surface area contributed by atoms with E-state index in [1.54, 1.807) is 43.2 Å². The van der Waals surface area contributed by atoms with Crippen molar-refractivity contribution in [2.75, 3.05) is 26.6 Å². The highest BCUT2D eigenvalue weighted by Gasteiger charge is 2.47. The lowest BCUT2D eigenvalue weighted by Gasteiger charge is -2.33. The van der Waals surface area contributed by atoms with Crippen molar-refractivity contribution in [3.05, 3.63) is 53.0 Å². The number of halogens is 3. The topological polar surface area (TPSA) is 86.4 Å². The number of alkyl halides is 3. The maximum absolute atomic E-state index is 14.0. The zero-order valence-electron chi connectivity index (χ0n) is 20.1. The van der Waals surface area contributed by atoms with Gasteiger partial charge in [-0.15, -0.1) is 0 Å². The number of nitrogens with zero attached hydrogens (tertiary/aromatic N) is 5. The zero-order chi connectivity index (χ0) is 25.5. The first-order valence-electron chi connectivity index (χ1n) is 10.9. The van der Waals surface area contributed by atoms with Gasteiger partial charge in [-0.3, -0.25) is 9.48 Å². The summed E-state index contributed by atoms with van der Waals surface area (Å²) in [5, 5.41) is 11.4. The second-order valence-electron chi connectivity index (χ2n) is 8.54. The molecule has 0 bridgehead atoms. The molecule has 0 spiro atoms. The number of nitrogens with one attached hydrogen (secondary N) is 1. The second-order valence-corrected chi connectivity index (χ2v) is 8.54. The molecule has 1 N–H and O–H groups in total. The van der Waals surface area contributed by atoms with Crippen molar-refractivity contribution >= 4 is 11.7 Å². The first-order valence-corrected chi connectivity index (χ1v) is 10.9. The van der Waals surface area contributed by atoms with Gasteiger partial charge in [0.2, 0.25) is 0 Å². The number of aryl methyl sites for hydroxylation is 2. The highest BCUT2D eigenvalue weighted by atomic mass is 19.4. The van der Waals surface area contributed by atoms with Crippen molar-refractivity contribution in [2.24, 2.45) is 7.05 Å². The van der Waals surface area contributed by atoms with E-state index in [1.165, 1.54) is 25.2 Å². The van der Waals surface area contributed by atoms with Crippen molar-refractivity contribution in [2.45, 2.75) is 38.1 Å². The SMILES string of the molecule is COc1ccc([C@@H]2C[C@@H](C(F)(F)F)n3nc(C(=O)N(C)Cc4cn(C)nc4C)cc3N2)cc1OC. The van der Waals surface area contributed by atoms with Crippen LogP contribution < -0.4 is 14.8 Å². The Morgan fingerprint density at radius 3 is 2.51 bits per heavy atom. The lowest BCUT2D eigenvalue weighted by Crippen LogP contribution is -2.36. The van der Waals surface area contributed by atoms with Crippen LogP contribution in [0.5, 0.6) is 11.5 Å². The molecule has 0 radical (unpaired) electrons. The summed E-state index contributed by atoms with van der Waals surface area (Å²) < 4.78 is 55.1. The van der Waals surface area contributed by atoms with E-state index in [-0.39, 0.29) is 24.5 Å². The Hall–Kier alpha value is -3.70. The molecular formula is C23H27F3N6O3. The van der Waals surface area contributed by atoms with Crippen LogP contribution in [0.15, 0.2) is 30.5 Å². The summed E-state index contributed by atoms with van der Waals surface area (Å²) in [5.74, 6) is 0.523. The van der Waals surface area contributed by atoms with Crippen LogP contribution in [0, 0.1) is 6.92 Å². The average Bonchev–Trinajstić information content (AvgIpc) is 3.38. The average molecular weight is 493 g/mol. The minimum Gasteiger partial charge on any atom is -0.493 e. The Bertz CT molecular complexity index is 1240. The molecule has 4 rings (SSSR count). The van der Waals surface area contributed by atoms with E-state index >= 15 is 0 Å². The van der Waals surface area contributed by atoms with E-state index in [0.29, 0.717) is 17.1 Å². The van der Waals surface area contributed by atoms with Gasteiger partial charge in [-0.05, 0) is 24.6 Å². The molecule has 0 saturated carbocycles. The third-order valence-electron chi connectivity index (χ3n) is 6.09. The van der Waals surface area contributed by atoms with Gasteiger partial charge in [-0.1, -0.05) is 6.07 Å². The number of hydrogen-bond acceptors (Lipinski definition) is 6. The molecule has 1 aliphatic rings. The van der Waals surface area contributed by atoms with E-state index in [0.717, 1.165) is 15.9 Å². The maximum Gasteiger partial charge on any atom is 0.410 e. The van der Waals surface area contributed by atoms with E-state index in [1.807, 2.05) is 6.92 Å². The molecule has 0 aliphatic carbocycles. The van der Waals surface area contributed by atoms with Crippen molar-refractivity contribution in [1.29, 1.82) is 0 Å². The number of amides is 1. The van der Waals surface area contributed by atoms with Crippen LogP contribution in [0.3, 0.4) is 0 Å². The van der Waals surface area contributed by atoms with E-state index in [4.69, 9.17) is 9.47 Å². The molecule has 2 atom stereocenters. The molecule has 1 aliphatic heterocycles. The van der Waals surface area contributed by atoms with E-state index < -0.39 is 24.2 Å². The Labute approximate surface area is 200 Å². The first-order chi connectivity index (χ1) is 16.5. The Kier molecular flexibility index (Phi) is 6.39. The number of ether oxygens (including phenoxy) is 2. The number of aromatic nitrogens is 4. The van der Waals surface area contributed by atoms with Crippen LogP contribution >= 0.6 is 0 Å². The second kappa shape index (κ2) is 9.16. The van der Waals surface area contributed by atoms with Crippen LogP contribution in [0.25, 0.3) is 0 Å². The smallest absolute Gasteiger partial charge is 0.410 e. The Balaban J connectivity index is 1.63. The van der Waals surface area contributed by atoms with Crippen molar-refractivity contribution in [3.63, 3.8) is 0 Å². The van der Waals surface area contributed by atoms with Crippen molar-refractivity contribution in [3.8, 4) is 11.5 Å². The summed E-state index contributed by atoms with van der Waals surface area (Å²) in [7, 11) is 6.30. The normalized spacial score (nSPS) is 17.5. The molecule has 0 saturated heterocycles. The fraction of sp³-hybridized carbons (Fsp3) is 0.435. The summed E-state index contributed by atoms with van der Waals surface area (Å²) in [6.45, 7) is 2.08. The van der Waals surface area contributed by atoms with Gasteiger partial charge in [0.05, 0.1) is 26.0 Å². The molecule has 1 aromatic carbocycles. The molecule has 0 unspecified atom stereocenters. The van der Waals surface area contributed by atoms with Gasteiger partial charge in [0.1, 0.15) is 5.82 Å². The summed E-state index contributed by atoms with van der Waals surface area (Å²) in [5.41, 5.74) is 2.14. The lowest BCUT2D eigenvalue weighted by atomic mass is 9.96. The number of fused-ring (bicyclic) bond motifs is 1. The van der Waals surface area contributed by atoms with Gasteiger partial charge in [-0.25, -0.2) is 4.68 Å². The van der Waals surface area contributed by atoms with E-state index in [9.17, 15) is 18.0 Å². The molecule has 12 heteroatoms. The highest BCUT2D eigenvalue weighted by molar-refractivity contribution is 5.93. The summed E-state index contributed by atoms with van der Waals surface area (Å²) >= 11 is 0. The molecule has 1 amide bonds. The number of methoxy groups -OCH3 is 2. The minimum atomic E-state index is -4.56. The quantitative estimate of drug-likeness (QED) is 0.562. The largest absolute Gasteiger partial charge is 0.493 e. The summed E-state index contributed by atoms with van der Waals surface area (Å²) in [6, 6.07) is 3.77.